The van der Waals surface area contributed by atoms with E-state index in [9.17, 15) is 0 Å². The number of hydrogen-bond donors (Lipinski definition) is 2. The van der Waals surface area contributed by atoms with E-state index in [-0.39, 0.29) is 44.8 Å². The Labute approximate surface area is 273 Å². The minimum absolute atomic E-state index is 0. The summed E-state index contributed by atoms with van der Waals surface area (Å²) in [5.41, 5.74) is 6.09. The van der Waals surface area contributed by atoms with Crippen molar-refractivity contribution in [3.05, 3.63) is 97.6 Å². The van der Waals surface area contributed by atoms with Crippen molar-refractivity contribution >= 4 is 22.1 Å². The van der Waals surface area contributed by atoms with Crippen LogP contribution in [0, 0.1) is 20.5 Å². The van der Waals surface area contributed by atoms with Gasteiger partial charge in [0.1, 0.15) is 11.6 Å². The molecule has 2 aromatic carbocycles. The summed E-state index contributed by atoms with van der Waals surface area (Å²) in [5, 5.41) is 0. The number of fused-ring (bicyclic) bond motifs is 2. The molecule has 14 nitrogen and oxygen atoms in total. The van der Waals surface area contributed by atoms with E-state index in [4.69, 9.17) is 37.3 Å². The Kier molecular flexibility index (Phi) is 15.6. The van der Waals surface area contributed by atoms with Crippen molar-refractivity contribution in [3.63, 3.8) is 0 Å². The standard InChI is InChI=1S/2C12H9N3.2Ag.2ClHO4/c2*1-2-6-11-10(5-1)14-12(15-11)9-4-3-7-13-8-9;;;2*2-1(3,4)5/h2*1-8H,(H,14,15);;;2*(H,2,3,4,5)/q;;2*+1;;/p-2. The van der Waals surface area contributed by atoms with E-state index < -0.39 is 20.5 Å². The molecular formula is C24H18Ag2Cl2N6O8. The van der Waals surface area contributed by atoms with E-state index in [1.807, 2.05) is 72.8 Å². The summed E-state index contributed by atoms with van der Waals surface area (Å²) >= 11 is 0. The summed E-state index contributed by atoms with van der Waals surface area (Å²) < 4.78 is 67.9. The number of para-hydroxylation sites is 4. The molecule has 18 heteroatoms. The summed E-state index contributed by atoms with van der Waals surface area (Å²) in [7, 11) is -9.89. The first-order valence-electron chi connectivity index (χ1n) is 10.8. The number of benzene rings is 2. The number of aromatic nitrogens is 6. The van der Waals surface area contributed by atoms with E-state index in [1.54, 1.807) is 24.8 Å². The molecule has 0 aliphatic heterocycles. The predicted octanol–water partition coefficient (Wildman–Crippen LogP) is -4.27. The Morgan fingerprint density at radius 2 is 0.810 bits per heavy atom. The van der Waals surface area contributed by atoms with Gasteiger partial charge in [0, 0.05) is 35.9 Å². The molecular weight excluding hydrogens is 787 g/mol. The van der Waals surface area contributed by atoms with Crippen molar-refractivity contribution in [2.75, 3.05) is 0 Å². The third kappa shape index (κ3) is 14.1. The van der Waals surface area contributed by atoms with Gasteiger partial charge in [-0.15, -0.1) is 20.5 Å². The average Bonchev–Trinajstić information content (AvgIpc) is 3.53. The van der Waals surface area contributed by atoms with Crippen molar-refractivity contribution < 1.29 is 103 Å². The zero-order valence-corrected chi connectivity index (χ0v) is 25.1. The minimum atomic E-state index is -4.94. The third-order valence-corrected chi connectivity index (χ3v) is 4.65. The Hall–Kier alpha value is -2.58. The van der Waals surface area contributed by atoms with E-state index in [2.05, 4.69) is 29.9 Å². The van der Waals surface area contributed by atoms with E-state index >= 15 is 0 Å². The number of nitrogens with one attached hydrogen (secondary N) is 2. The van der Waals surface area contributed by atoms with Gasteiger partial charge in [0.15, 0.2) is 0 Å². The first-order valence-corrected chi connectivity index (χ1v) is 13.3. The smallest absolute Gasteiger partial charge is 0.338 e. The summed E-state index contributed by atoms with van der Waals surface area (Å²) in [6, 6.07) is 23.8. The maximum Gasteiger partial charge on any atom is 1.00 e. The summed E-state index contributed by atoms with van der Waals surface area (Å²) in [6.45, 7) is 0. The van der Waals surface area contributed by atoms with Gasteiger partial charge in [-0.3, -0.25) is 9.97 Å². The van der Waals surface area contributed by atoms with Crippen LogP contribution >= 0.6 is 0 Å². The van der Waals surface area contributed by atoms with Crippen molar-refractivity contribution in [1.29, 1.82) is 0 Å². The molecule has 6 rings (SSSR count). The molecule has 0 aliphatic carbocycles. The number of rotatable bonds is 2. The zero-order chi connectivity index (χ0) is 29.2. The normalized spacial score (nSPS) is 10.5. The SMILES string of the molecule is [Ag+].[Ag+].[O-][Cl+3]([O-])([O-])[O-].[O-][Cl+3]([O-])([O-])[O-].c1cncc(-c2nc3ccccc3[nH]2)c1.c1cncc(-c2nc3ccccc3[nH]2)c1. The van der Waals surface area contributed by atoms with Crippen LogP contribution in [0.2, 0.25) is 0 Å². The molecule has 0 saturated carbocycles. The third-order valence-electron chi connectivity index (χ3n) is 4.65. The van der Waals surface area contributed by atoms with E-state index in [0.29, 0.717) is 0 Å². The minimum Gasteiger partial charge on any atom is -0.338 e. The van der Waals surface area contributed by atoms with Crippen LogP contribution in [0.4, 0.5) is 0 Å². The number of aromatic amines is 2. The molecule has 4 aromatic heterocycles. The maximum absolute atomic E-state index is 8.49. The van der Waals surface area contributed by atoms with Gasteiger partial charge < -0.3 is 9.97 Å². The Morgan fingerprint density at radius 3 is 1.10 bits per heavy atom. The molecule has 0 bridgehead atoms. The average molecular weight is 805 g/mol. The molecule has 42 heavy (non-hydrogen) atoms. The van der Waals surface area contributed by atoms with Crippen molar-refractivity contribution in [1.82, 2.24) is 29.9 Å². The molecule has 0 aliphatic rings. The number of H-pyrrole nitrogens is 2. The van der Waals surface area contributed by atoms with Crippen LogP contribution in [0.15, 0.2) is 97.6 Å². The van der Waals surface area contributed by atoms with Gasteiger partial charge >= 0.3 is 44.8 Å². The van der Waals surface area contributed by atoms with Crippen molar-refractivity contribution in [2.24, 2.45) is 0 Å². The fraction of sp³-hybridized carbons (Fsp3) is 0. The van der Waals surface area contributed by atoms with Crippen molar-refractivity contribution in [3.8, 4) is 22.8 Å². The van der Waals surface area contributed by atoms with Crippen LogP contribution < -0.4 is 37.3 Å². The first-order chi connectivity index (χ1) is 18.9. The van der Waals surface area contributed by atoms with Gasteiger partial charge in [-0.2, -0.15) is 0 Å². The van der Waals surface area contributed by atoms with Crippen LogP contribution in [0.5, 0.6) is 0 Å². The second kappa shape index (κ2) is 17.5. The van der Waals surface area contributed by atoms with Gasteiger partial charge in [-0.25, -0.2) is 47.2 Å². The molecule has 6 aromatic rings. The molecule has 0 saturated heterocycles. The molecule has 228 valence electrons. The molecule has 0 radical (unpaired) electrons. The molecule has 0 unspecified atom stereocenters. The second-order valence-electron chi connectivity index (χ2n) is 7.44. The van der Waals surface area contributed by atoms with Crippen LogP contribution in [0.1, 0.15) is 0 Å². The van der Waals surface area contributed by atoms with Crippen LogP contribution in [-0.4, -0.2) is 29.9 Å². The molecule has 2 N–H and O–H groups in total. The molecule has 0 atom stereocenters. The summed E-state index contributed by atoms with van der Waals surface area (Å²) in [5.74, 6) is 1.73. The second-order valence-corrected chi connectivity index (χ2v) is 8.96. The molecule has 0 fully saturated rings. The Bertz CT molecular complexity index is 1420. The van der Waals surface area contributed by atoms with Gasteiger partial charge in [0.2, 0.25) is 0 Å². The monoisotopic (exact) mass is 802 g/mol. The quantitative estimate of drug-likeness (QED) is 0.158. The Morgan fingerprint density at radius 1 is 0.476 bits per heavy atom. The van der Waals surface area contributed by atoms with Crippen LogP contribution in [-0.2, 0) is 44.8 Å². The first kappa shape index (κ1) is 37.4. The van der Waals surface area contributed by atoms with E-state index in [0.717, 1.165) is 44.8 Å². The van der Waals surface area contributed by atoms with Crippen LogP contribution in [0.3, 0.4) is 0 Å². The fourth-order valence-electron chi connectivity index (χ4n) is 3.18. The predicted molar refractivity (Wildman–Crippen MR) is 119 cm³/mol. The van der Waals surface area contributed by atoms with Gasteiger partial charge in [-0.1, -0.05) is 24.3 Å². The van der Waals surface area contributed by atoms with Crippen LogP contribution in [0.25, 0.3) is 44.8 Å². The summed E-state index contributed by atoms with van der Waals surface area (Å²) in [4.78, 5) is 23.6. The van der Waals surface area contributed by atoms with Crippen molar-refractivity contribution in [2.45, 2.75) is 0 Å². The molecule has 4 heterocycles. The molecule has 0 amide bonds. The topological polar surface area (TPSA) is 268 Å². The number of halogens is 2. The van der Waals surface area contributed by atoms with Gasteiger partial charge in [-0.05, 0) is 48.5 Å². The Balaban J connectivity index is 0.000000310. The summed E-state index contributed by atoms with van der Waals surface area (Å²) in [6.07, 6.45) is 7.12. The number of imidazole rings is 2. The largest absolute Gasteiger partial charge is 1.00 e. The number of nitrogens with zero attached hydrogens (tertiary/aromatic N) is 4. The molecule has 0 spiro atoms. The maximum atomic E-state index is 8.49. The van der Waals surface area contributed by atoms with E-state index in [1.165, 1.54) is 0 Å². The number of hydrogen-bond acceptors (Lipinski definition) is 12. The zero-order valence-electron chi connectivity index (χ0n) is 20.7. The number of pyridine rings is 2. The van der Waals surface area contributed by atoms with Gasteiger partial charge in [0.25, 0.3) is 0 Å². The fourth-order valence-corrected chi connectivity index (χ4v) is 3.18. The van der Waals surface area contributed by atoms with Gasteiger partial charge in [0.05, 0.1) is 22.1 Å².